The molecule has 0 aliphatic carbocycles. The number of rotatable bonds is 5. The van der Waals surface area contributed by atoms with Gasteiger partial charge in [0.15, 0.2) is 0 Å². The van der Waals surface area contributed by atoms with Crippen molar-refractivity contribution in [2.24, 2.45) is 0 Å². The van der Waals surface area contributed by atoms with E-state index >= 15 is 0 Å². The van der Waals surface area contributed by atoms with Gasteiger partial charge in [-0.25, -0.2) is 0 Å². The fourth-order valence-electron chi connectivity index (χ4n) is 1.75. The Morgan fingerprint density at radius 1 is 0.889 bits per heavy atom. The highest BCUT2D eigenvalue weighted by Crippen LogP contribution is 2.17. The first-order chi connectivity index (χ1) is 8.81. The molecule has 2 aromatic carbocycles. The first-order valence-corrected chi connectivity index (χ1v) is 6.16. The van der Waals surface area contributed by atoms with Crippen LogP contribution in [0.4, 0.5) is 0 Å². The minimum atomic E-state index is 0.558. The Morgan fingerprint density at radius 3 is 2.33 bits per heavy atom. The highest BCUT2D eigenvalue weighted by Gasteiger charge is 1.98. The summed E-state index contributed by atoms with van der Waals surface area (Å²) >= 11 is 0. The van der Waals surface area contributed by atoms with E-state index in [-0.39, 0.29) is 0 Å². The summed E-state index contributed by atoms with van der Waals surface area (Å²) in [6, 6.07) is 16.1. The number of hydrogen-bond acceptors (Lipinski definition) is 2. The molecule has 0 atom stereocenters. The van der Waals surface area contributed by atoms with Gasteiger partial charge < -0.3 is 9.47 Å². The van der Waals surface area contributed by atoms with Crippen molar-refractivity contribution in [1.29, 1.82) is 0 Å². The normalized spacial score (nSPS) is 10.1. The Kier molecular flexibility index (Phi) is 4.24. The molecule has 0 heterocycles. The molecule has 18 heavy (non-hydrogen) atoms. The largest absolute Gasteiger partial charge is 0.497 e. The Morgan fingerprint density at radius 2 is 1.67 bits per heavy atom. The maximum absolute atomic E-state index is 5.74. The van der Waals surface area contributed by atoms with Crippen molar-refractivity contribution in [1.82, 2.24) is 0 Å². The summed E-state index contributed by atoms with van der Waals surface area (Å²) in [6.07, 6.45) is 1.05. The molecule has 2 heteroatoms. The van der Waals surface area contributed by atoms with Crippen molar-refractivity contribution >= 4 is 0 Å². The summed E-state index contributed by atoms with van der Waals surface area (Å²) in [6.45, 7) is 2.70. The molecule has 0 aromatic heterocycles. The lowest BCUT2D eigenvalue weighted by Crippen LogP contribution is -1.96. The predicted molar refractivity (Wildman–Crippen MR) is 73.1 cm³/mol. The number of ether oxygens (including phenoxy) is 2. The molecule has 0 fully saturated rings. The Hall–Kier alpha value is -1.96. The van der Waals surface area contributed by atoms with E-state index in [1.165, 1.54) is 5.56 Å². The summed E-state index contributed by atoms with van der Waals surface area (Å²) < 4.78 is 10.9. The average molecular weight is 242 g/mol. The second-order valence-corrected chi connectivity index (χ2v) is 4.14. The van der Waals surface area contributed by atoms with Crippen LogP contribution in [0.3, 0.4) is 0 Å². The third-order valence-electron chi connectivity index (χ3n) is 2.87. The third-order valence-corrected chi connectivity index (χ3v) is 2.87. The summed E-state index contributed by atoms with van der Waals surface area (Å²) in [5.41, 5.74) is 2.43. The van der Waals surface area contributed by atoms with Crippen LogP contribution in [0.5, 0.6) is 11.5 Å². The lowest BCUT2D eigenvalue weighted by molar-refractivity contribution is 0.305. The van der Waals surface area contributed by atoms with E-state index in [2.05, 4.69) is 19.1 Å². The molecule has 2 aromatic rings. The van der Waals surface area contributed by atoms with E-state index in [0.29, 0.717) is 6.61 Å². The van der Waals surface area contributed by atoms with E-state index in [1.54, 1.807) is 7.11 Å². The summed E-state index contributed by atoms with van der Waals surface area (Å²) in [5, 5.41) is 0. The third kappa shape index (κ3) is 3.27. The highest BCUT2D eigenvalue weighted by atomic mass is 16.5. The van der Waals surface area contributed by atoms with E-state index in [1.807, 2.05) is 36.4 Å². The minimum absolute atomic E-state index is 0.558. The van der Waals surface area contributed by atoms with Crippen LogP contribution in [-0.2, 0) is 13.0 Å². The zero-order chi connectivity index (χ0) is 12.8. The Balaban J connectivity index is 1.97. The molecule has 0 bridgehead atoms. The number of hydrogen-bond donors (Lipinski definition) is 0. The monoisotopic (exact) mass is 242 g/mol. The standard InChI is InChI=1S/C16H18O2/c1-3-13-7-9-15(10-8-13)18-12-14-5-4-6-16(11-14)17-2/h4-11H,3,12H2,1-2H3. The lowest BCUT2D eigenvalue weighted by Gasteiger charge is -2.08. The molecule has 0 N–H and O–H groups in total. The van der Waals surface area contributed by atoms with Gasteiger partial charge in [-0.15, -0.1) is 0 Å². The van der Waals surface area contributed by atoms with E-state index in [0.717, 1.165) is 23.5 Å². The molecule has 0 unspecified atom stereocenters. The second-order valence-electron chi connectivity index (χ2n) is 4.14. The van der Waals surface area contributed by atoms with Crippen molar-refractivity contribution in [3.05, 3.63) is 59.7 Å². The second kappa shape index (κ2) is 6.10. The molecule has 0 aliphatic rings. The Bertz CT molecular complexity index is 489. The molecule has 0 saturated heterocycles. The number of aryl methyl sites for hydroxylation is 1. The SMILES string of the molecule is CCc1ccc(OCc2cccc(OC)c2)cc1. The zero-order valence-electron chi connectivity index (χ0n) is 10.8. The topological polar surface area (TPSA) is 18.5 Å². The van der Waals surface area contributed by atoms with Crippen molar-refractivity contribution in [3.63, 3.8) is 0 Å². The fraction of sp³-hybridized carbons (Fsp3) is 0.250. The van der Waals surface area contributed by atoms with Crippen LogP contribution in [0.1, 0.15) is 18.1 Å². The maximum atomic E-state index is 5.74. The van der Waals surface area contributed by atoms with Gasteiger partial charge in [0.2, 0.25) is 0 Å². The molecule has 0 radical (unpaired) electrons. The van der Waals surface area contributed by atoms with Gasteiger partial charge in [-0.1, -0.05) is 31.2 Å². The van der Waals surface area contributed by atoms with Crippen LogP contribution in [0, 0.1) is 0 Å². The fourth-order valence-corrected chi connectivity index (χ4v) is 1.75. The molecule has 2 rings (SSSR count). The predicted octanol–water partition coefficient (Wildman–Crippen LogP) is 3.84. The van der Waals surface area contributed by atoms with Crippen molar-refractivity contribution in [2.75, 3.05) is 7.11 Å². The lowest BCUT2D eigenvalue weighted by atomic mass is 10.2. The number of benzene rings is 2. The van der Waals surface area contributed by atoms with Gasteiger partial charge in [-0.05, 0) is 41.8 Å². The molecule has 0 aliphatic heterocycles. The van der Waals surface area contributed by atoms with Crippen LogP contribution in [0.25, 0.3) is 0 Å². The summed E-state index contributed by atoms with van der Waals surface area (Å²) in [7, 11) is 1.67. The molecule has 0 saturated carbocycles. The van der Waals surface area contributed by atoms with Crippen molar-refractivity contribution in [2.45, 2.75) is 20.0 Å². The first kappa shape index (κ1) is 12.5. The van der Waals surface area contributed by atoms with Crippen LogP contribution < -0.4 is 9.47 Å². The van der Waals surface area contributed by atoms with E-state index in [9.17, 15) is 0 Å². The molecule has 0 spiro atoms. The number of methoxy groups -OCH3 is 1. The van der Waals surface area contributed by atoms with E-state index < -0.39 is 0 Å². The zero-order valence-corrected chi connectivity index (χ0v) is 10.8. The minimum Gasteiger partial charge on any atom is -0.497 e. The average Bonchev–Trinajstić information content (AvgIpc) is 2.46. The van der Waals surface area contributed by atoms with Gasteiger partial charge >= 0.3 is 0 Å². The summed E-state index contributed by atoms with van der Waals surface area (Å²) in [4.78, 5) is 0. The van der Waals surface area contributed by atoms with Gasteiger partial charge in [-0.2, -0.15) is 0 Å². The maximum Gasteiger partial charge on any atom is 0.119 e. The van der Waals surface area contributed by atoms with Crippen molar-refractivity contribution < 1.29 is 9.47 Å². The van der Waals surface area contributed by atoms with Crippen molar-refractivity contribution in [3.8, 4) is 11.5 Å². The van der Waals surface area contributed by atoms with E-state index in [4.69, 9.17) is 9.47 Å². The molecule has 94 valence electrons. The van der Waals surface area contributed by atoms with Gasteiger partial charge in [-0.3, -0.25) is 0 Å². The smallest absolute Gasteiger partial charge is 0.119 e. The van der Waals surface area contributed by atoms with Gasteiger partial charge in [0.25, 0.3) is 0 Å². The van der Waals surface area contributed by atoms with Crippen LogP contribution in [0.15, 0.2) is 48.5 Å². The van der Waals surface area contributed by atoms with Gasteiger partial charge in [0.05, 0.1) is 7.11 Å². The summed E-state index contributed by atoms with van der Waals surface area (Å²) in [5.74, 6) is 1.76. The van der Waals surface area contributed by atoms with Crippen LogP contribution in [0.2, 0.25) is 0 Å². The Labute approximate surface area is 108 Å². The first-order valence-electron chi connectivity index (χ1n) is 6.16. The quantitative estimate of drug-likeness (QED) is 0.793. The van der Waals surface area contributed by atoms with Crippen LogP contribution >= 0.6 is 0 Å². The molecule has 2 nitrogen and oxygen atoms in total. The van der Waals surface area contributed by atoms with Gasteiger partial charge in [0, 0.05) is 0 Å². The highest BCUT2D eigenvalue weighted by molar-refractivity contribution is 5.30. The molecular formula is C16H18O2. The van der Waals surface area contributed by atoms with Gasteiger partial charge in [0.1, 0.15) is 18.1 Å². The molecular weight excluding hydrogens is 224 g/mol. The van der Waals surface area contributed by atoms with Crippen LogP contribution in [-0.4, -0.2) is 7.11 Å². The molecule has 0 amide bonds.